The zero-order chi connectivity index (χ0) is 14.4. The summed E-state index contributed by atoms with van der Waals surface area (Å²) in [7, 11) is 1.92. The third-order valence-corrected chi connectivity index (χ3v) is 4.04. The van der Waals surface area contributed by atoms with Crippen LogP contribution in [0.4, 0.5) is 0 Å². The van der Waals surface area contributed by atoms with E-state index < -0.39 is 0 Å². The van der Waals surface area contributed by atoms with Gasteiger partial charge in [-0.05, 0) is 44.7 Å². The van der Waals surface area contributed by atoms with Crippen molar-refractivity contribution < 1.29 is 4.79 Å². The lowest BCUT2D eigenvalue weighted by Gasteiger charge is -2.22. The van der Waals surface area contributed by atoms with E-state index >= 15 is 0 Å². The number of aromatic nitrogens is 2. The lowest BCUT2D eigenvalue weighted by atomic mass is 9.93. The number of hydrogen-bond donors (Lipinski definition) is 2. The molecule has 0 atom stereocenters. The number of halogens is 1. The van der Waals surface area contributed by atoms with Gasteiger partial charge in [0, 0.05) is 31.8 Å². The van der Waals surface area contributed by atoms with Crippen LogP contribution in [0.3, 0.4) is 0 Å². The van der Waals surface area contributed by atoms with E-state index in [1.165, 1.54) is 12.8 Å². The number of carbonyl (C=O) groups excluding carboxylic acids is 1. The number of amides is 1. The van der Waals surface area contributed by atoms with Gasteiger partial charge in [-0.25, -0.2) is 0 Å². The first kappa shape index (κ1) is 18.0. The average Bonchev–Trinajstić information content (AvgIpc) is 2.84. The first-order valence-electron chi connectivity index (χ1n) is 7.67. The molecule has 0 radical (unpaired) electrons. The summed E-state index contributed by atoms with van der Waals surface area (Å²) in [5.41, 5.74) is 2.20. The topological polar surface area (TPSA) is 59.0 Å². The van der Waals surface area contributed by atoms with Gasteiger partial charge in [-0.15, -0.1) is 12.4 Å². The Morgan fingerprint density at radius 2 is 2.19 bits per heavy atom. The first-order valence-corrected chi connectivity index (χ1v) is 7.67. The largest absolute Gasteiger partial charge is 0.352 e. The summed E-state index contributed by atoms with van der Waals surface area (Å²) in [6.45, 7) is 4.89. The predicted molar refractivity (Wildman–Crippen MR) is 86.5 cm³/mol. The third-order valence-electron chi connectivity index (χ3n) is 4.04. The second-order valence-electron chi connectivity index (χ2n) is 5.64. The van der Waals surface area contributed by atoms with Gasteiger partial charge in [0.1, 0.15) is 0 Å². The van der Waals surface area contributed by atoms with Crippen molar-refractivity contribution in [2.75, 3.05) is 13.1 Å². The molecule has 1 saturated heterocycles. The van der Waals surface area contributed by atoms with Crippen LogP contribution in [0.5, 0.6) is 0 Å². The standard InChI is InChI=1S/C15H26N4O.ClH/c1-3-14-13(11-19(2)18-14)10-17-15(20)5-4-12-6-8-16-9-7-12;/h11-12,16H,3-10H2,1-2H3,(H,17,20);1H. The van der Waals surface area contributed by atoms with Crippen LogP contribution in [-0.2, 0) is 24.8 Å². The summed E-state index contributed by atoms with van der Waals surface area (Å²) in [5, 5.41) is 10.8. The summed E-state index contributed by atoms with van der Waals surface area (Å²) in [5.74, 6) is 0.876. The zero-order valence-corrected chi connectivity index (χ0v) is 13.8. The molecule has 1 fully saturated rings. The van der Waals surface area contributed by atoms with E-state index in [4.69, 9.17) is 0 Å². The molecule has 0 bridgehead atoms. The molecule has 1 amide bonds. The smallest absolute Gasteiger partial charge is 0.220 e. The number of piperidine rings is 1. The highest BCUT2D eigenvalue weighted by molar-refractivity contribution is 5.85. The predicted octanol–water partition coefficient (Wildman–Crippen LogP) is 1.80. The third kappa shape index (κ3) is 5.67. The molecule has 5 nitrogen and oxygen atoms in total. The molecule has 1 aromatic rings. The molecule has 21 heavy (non-hydrogen) atoms. The molecular weight excluding hydrogens is 288 g/mol. The van der Waals surface area contributed by atoms with Crippen molar-refractivity contribution >= 4 is 18.3 Å². The zero-order valence-electron chi connectivity index (χ0n) is 13.0. The Bertz CT molecular complexity index is 441. The maximum absolute atomic E-state index is 11.9. The van der Waals surface area contributed by atoms with Crippen LogP contribution < -0.4 is 10.6 Å². The molecule has 0 spiro atoms. The monoisotopic (exact) mass is 314 g/mol. The second-order valence-corrected chi connectivity index (χ2v) is 5.64. The molecule has 1 aliphatic rings. The van der Waals surface area contributed by atoms with Crippen molar-refractivity contribution in [3.05, 3.63) is 17.5 Å². The van der Waals surface area contributed by atoms with Crippen molar-refractivity contribution in [1.82, 2.24) is 20.4 Å². The number of nitrogens with one attached hydrogen (secondary N) is 2. The van der Waals surface area contributed by atoms with E-state index in [0.29, 0.717) is 18.9 Å². The van der Waals surface area contributed by atoms with Gasteiger partial charge in [-0.2, -0.15) is 5.10 Å². The molecule has 1 aromatic heterocycles. The summed E-state index contributed by atoms with van der Waals surface area (Å²) in [4.78, 5) is 11.9. The SMILES string of the molecule is CCc1nn(C)cc1CNC(=O)CCC1CCNCC1.Cl. The lowest BCUT2D eigenvalue weighted by molar-refractivity contribution is -0.121. The van der Waals surface area contributed by atoms with Gasteiger partial charge in [-0.1, -0.05) is 6.92 Å². The molecule has 0 aliphatic carbocycles. The second kappa shape index (κ2) is 9.05. The van der Waals surface area contributed by atoms with E-state index in [1.54, 1.807) is 0 Å². The quantitative estimate of drug-likeness (QED) is 0.842. The highest BCUT2D eigenvalue weighted by atomic mass is 35.5. The van der Waals surface area contributed by atoms with Gasteiger partial charge in [0.25, 0.3) is 0 Å². The fourth-order valence-corrected chi connectivity index (χ4v) is 2.82. The molecule has 0 aromatic carbocycles. The van der Waals surface area contributed by atoms with Crippen molar-refractivity contribution in [2.24, 2.45) is 13.0 Å². The summed E-state index contributed by atoms with van der Waals surface area (Å²) >= 11 is 0. The van der Waals surface area contributed by atoms with Crippen molar-refractivity contribution in [3.8, 4) is 0 Å². The minimum atomic E-state index is 0. The maximum atomic E-state index is 11.9. The molecule has 120 valence electrons. The molecule has 1 aliphatic heterocycles. The Labute approximate surface area is 133 Å². The normalized spacial score (nSPS) is 15.5. The summed E-state index contributed by atoms with van der Waals surface area (Å²) in [6, 6.07) is 0. The van der Waals surface area contributed by atoms with E-state index in [2.05, 4.69) is 22.7 Å². The fourth-order valence-electron chi connectivity index (χ4n) is 2.82. The van der Waals surface area contributed by atoms with Gasteiger partial charge in [0.05, 0.1) is 5.69 Å². The van der Waals surface area contributed by atoms with Gasteiger partial charge < -0.3 is 10.6 Å². The highest BCUT2D eigenvalue weighted by Crippen LogP contribution is 2.17. The van der Waals surface area contributed by atoms with Crippen molar-refractivity contribution in [2.45, 2.75) is 45.6 Å². The lowest BCUT2D eigenvalue weighted by Crippen LogP contribution is -2.29. The Hall–Kier alpha value is -1.07. The number of nitrogens with zero attached hydrogens (tertiary/aromatic N) is 2. The summed E-state index contributed by atoms with van der Waals surface area (Å²) in [6.07, 6.45) is 6.96. The van der Waals surface area contributed by atoms with E-state index in [-0.39, 0.29) is 18.3 Å². The Balaban J connectivity index is 0.00000220. The maximum Gasteiger partial charge on any atom is 0.220 e. The van der Waals surface area contributed by atoms with E-state index in [0.717, 1.165) is 37.2 Å². The van der Waals surface area contributed by atoms with Crippen molar-refractivity contribution in [1.29, 1.82) is 0 Å². The molecule has 0 saturated carbocycles. The minimum Gasteiger partial charge on any atom is -0.352 e. The number of aryl methyl sites for hydroxylation is 2. The molecule has 2 heterocycles. The van der Waals surface area contributed by atoms with Gasteiger partial charge in [-0.3, -0.25) is 9.48 Å². The summed E-state index contributed by atoms with van der Waals surface area (Å²) < 4.78 is 1.81. The van der Waals surface area contributed by atoms with Crippen LogP contribution in [0.15, 0.2) is 6.20 Å². The van der Waals surface area contributed by atoms with E-state index in [9.17, 15) is 4.79 Å². The molecule has 6 heteroatoms. The average molecular weight is 315 g/mol. The number of carbonyl (C=O) groups is 1. The minimum absolute atomic E-state index is 0. The fraction of sp³-hybridized carbons (Fsp3) is 0.733. The van der Waals surface area contributed by atoms with Crippen LogP contribution in [0.25, 0.3) is 0 Å². The van der Waals surface area contributed by atoms with Crippen LogP contribution in [-0.4, -0.2) is 28.8 Å². The molecule has 2 N–H and O–H groups in total. The van der Waals surface area contributed by atoms with Gasteiger partial charge >= 0.3 is 0 Å². The van der Waals surface area contributed by atoms with Gasteiger partial charge in [0.15, 0.2) is 0 Å². The van der Waals surface area contributed by atoms with Crippen LogP contribution >= 0.6 is 12.4 Å². The Morgan fingerprint density at radius 3 is 2.86 bits per heavy atom. The number of hydrogen-bond acceptors (Lipinski definition) is 3. The van der Waals surface area contributed by atoms with E-state index in [1.807, 2.05) is 17.9 Å². The number of rotatable bonds is 6. The molecule has 2 rings (SSSR count). The van der Waals surface area contributed by atoms with Crippen LogP contribution in [0, 0.1) is 5.92 Å². The first-order chi connectivity index (χ1) is 9.69. The van der Waals surface area contributed by atoms with Crippen molar-refractivity contribution in [3.63, 3.8) is 0 Å². The molecule has 0 unspecified atom stereocenters. The van der Waals surface area contributed by atoms with Gasteiger partial charge in [0.2, 0.25) is 5.91 Å². The van der Waals surface area contributed by atoms with Crippen LogP contribution in [0.1, 0.15) is 43.9 Å². The molecular formula is C15H27ClN4O. The Morgan fingerprint density at radius 1 is 1.48 bits per heavy atom. The highest BCUT2D eigenvalue weighted by Gasteiger charge is 2.14. The van der Waals surface area contributed by atoms with Crippen LogP contribution in [0.2, 0.25) is 0 Å². The Kier molecular flexibility index (Phi) is 7.75.